The van der Waals surface area contributed by atoms with Crippen LogP contribution in [-0.2, 0) is 0 Å². The summed E-state index contributed by atoms with van der Waals surface area (Å²) in [5.74, 6) is 1.50. The molecule has 1 aliphatic rings. The molecule has 1 N–H and O–H groups in total. The number of ether oxygens (including phenoxy) is 1. The first-order chi connectivity index (χ1) is 14.5. The molecule has 0 aliphatic heterocycles. The number of unbranched alkanes of at least 4 members (excludes halogenated alkanes) is 3. The van der Waals surface area contributed by atoms with Gasteiger partial charge in [-0.3, -0.25) is 4.79 Å². The number of nitrogens with one attached hydrogen (secondary N) is 1. The van der Waals surface area contributed by atoms with Gasteiger partial charge in [-0.2, -0.15) is 0 Å². The SMILES string of the molecule is CCCCCCOc1cccc(-c2ccc(C(=O)NCC3CCCC3(C)C)cc2)c1. The van der Waals surface area contributed by atoms with Crippen molar-refractivity contribution in [1.29, 1.82) is 0 Å². The molecule has 0 bridgehead atoms. The Morgan fingerprint density at radius 2 is 1.87 bits per heavy atom. The Labute approximate surface area is 182 Å². The molecular formula is C27H37NO2. The van der Waals surface area contributed by atoms with E-state index in [0.29, 0.717) is 11.3 Å². The smallest absolute Gasteiger partial charge is 0.251 e. The summed E-state index contributed by atoms with van der Waals surface area (Å²) in [6, 6.07) is 16.1. The lowest BCUT2D eigenvalue weighted by atomic mass is 9.82. The molecule has 1 amide bonds. The first-order valence-corrected chi connectivity index (χ1v) is 11.6. The van der Waals surface area contributed by atoms with E-state index < -0.39 is 0 Å². The summed E-state index contributed by atoms with van der Waals surface area (Å²) in [6.45, 7) is 8.38. The molecule has 3 rings (SSSR count). The second-order valence-electron chi connectivity index (χ2n) is 9.30. The summed E-state index contributed by atoms with van der Waals surface area (Å²) >= 11 is 0. The number of hydrogen-bond acceptors (Lipinski definition) is 2. The third-order valence-electron chi connectivity index (χ3n) is 6.57. The lowest BCUT2D eigenvalue weighted by Gasteiger charge is -2.27. The van der Waals surface area contributed by atoms with Crippen molar-refractivity contribution in [2.45, 2.75) is 65.7 Å². The molecule has 3 nitrogen and oxygen atoms in total. The monoisotopic (exact) mass is 407 g/mol. The van der Waals surface area contributed by atoms with Crippen LogP contribution in [0.1, 0.15) is 76.1 Å². The van der Waals surface area contributed by atoms with Gasteiger partial charge in [0.05, 0.1) is 6.61 Å². The first-order valence-electron chi connectivity index (χ1n) is 11.6. The molecule has 0 radical (unpaired) electrons. The Bertz CT molecular complexity index is 810. The highest BCUT2D eigenvalue weighted by molar-refractivity contribution is 5.94. The largest absolute Gasteiger partial charge is 0.494 e. The van der Waals surface area contributed by atoms with E-state index in [1.165, 1.54) is 38.5 Å². The molecule has 1 saturated carbocycles. The van der Waals surface area contributed by atoms with E-state index in [9.17, 15) is 4.79 Å². The van der Waals surface area contributed by atoms with Gasteiger partial charge in [0.15, 0.2) is 0 Å². The van der Waals surface area contributed by atoms with E-state index in [4.69, 9.17) is 4.74 Å². The fraction of sp³-hybridized carbons (Fsp3) is 0.519. The molecule has 0 aromatic heterocycles. The normalized spacial score (nSPS) is 17.6. The van der Waals surface area contributed by atoms with Crippen LogP contribution in [0.3, 0.4) is 0 Å². The number of carbonyl (C=O) groups excluding carboxylic acids is 1. The fourth-order valence-corrected chi connectivity index (χ4v) is 4.39. The predicted molar refractivity (Wildman–Crippen MR) is 125 cm³/mol. The molecule has 1 atom stereocenters. The Kier molecular flexibility index (Phi) is 7.95. The second kappa shape index (κ2) is 10.7. The van der Waals surface area contributed by atoms with Gasteiger partial charge in [-0.05, 0) is 66.0 Å². The number of rotatable bonds is 10. The van der Waals surface area contributed by atoms with E-state index in [1.54, 1.807) is 0 Å². The van der Waals surface area contributed by atoms with E-state index >= 15 is 0 Å². The quantitative estimate of drug-likeness (QED) is 0.436. The van der Waals surface area contributed by atoms with Gasteiger partial charge >= 0.3 is 0 Å². The van der Waals surface area contributed by atoms with Crippen molar-refractivity contribution in [3.05, 3.63) is 54.1 Å². The maximum Gasteiger partial charge on any atom is 0.251 e. The molecule has 1 unspecified atom stereocenters. The van der Waals surface area contributed by atoms with Gasteiger partial charge in [0.25, 0.3) is 5.91 Å². The van der Waals surface area contributed by atoms with E-state index in [1.807, 2.05) is 36.4 Å². The van der Waals surface area contributed by atoms with Gasteiger partial charge < -0.3 is 10.1 Å². The van der Waals surface area contributed by atoms with Crippen LogP contribution in [-0.4, -0.2) is 19.1 Å². The molecule has 2 aromatic rings. The van der Waals surface area contributed by atoms with Gasteiger partial charge in [-0.25, -0.2) is 0 Å². The van der Waals surface area contributed by atoms with Crippen LogP contribution in [0.25, 0.3) is 11.1 Å². The predicted octanol–water partition coefficient (Wildman–Crippen LogP) is 6.87. The van der Waals surface area contributed by atoms with Gasteiger partial charge in [0.1, 0.15) is 5.75 Å². The van der Waals surface area contributed by atoms with Gasteiger partial charge in [-0.1, -0.05) is 70.7 Å². The van der Waals surface area contributed by atoms with Crippen LogP contribution in [0.2, 0.25) is 0 Å². The molecule has 2 aromatic carbocycles. The van der Waals surface area contributed by atoms with Crippen molar-refractivity contribution in [1.82, 2.24) is 5.32 Å². The van der Waals surface area contributed by atoms with Gasteiger partial charge in [0, 0.05) is 12.1 Å². The number of benzene rings is 2. The molecule has 0 heterocycles. The average molecular weight is 408 g/mol. The molecule has 0 saturated heterocycles. The van der Waals surface area contributed by atoms with E-state index in [-0.39, 0.29) is 5.91 Å². The summed E-state index contributed by atoms with van der Waals surface area (Å²) in [7, 11) is 0. The summed E-state index contributed by atoms with van der Waals surface area (Å²) < 4.78 is 5.91. The zero-order valence-electron chi connectivity index (χ0n) is 18.9. The Morgan fingerprint density at radius 3 is 2.57 bits per heavy atom. The zero-order valence-corrected chi connectivity index (χ0v) is 18.9. The average Bonchev–Trinajstić information content (AvgIpc) is 3.10. The van der Waals surface area contributed by atoms with Crippen molar-refractivity contribution < 1.29 is 9.53 Å². The Morgan fingerprint density at radius 1 is 1.07 bits per heavy atom. The minimum atomic E-state index is 0.0217. The summed E-state index contributed by atoms with van der Waals surface area (Å²) in [5, 5.41) is 3.14. The van der Waals surface area contributed by atoms with Gasteiger partial charge in [0.2, 0.25) is 0 Å². The number of amides is 1. The lowest BCUT2D eigenvalue weighted by molar-refractivity contribution is 0.0937. The fourth-order valence-electron chi connectivity index (χ4n) is 4.39. The first kappa shape index (κ1) is 22.4. The maximum absolute atomic E-state index is 12.6. The van der Waals surface area contributed by atoms with E-state index in [0.717, 1.165) is 42.0 Å². The topological polar surface area (TPSA) is 38.3 Å². The van der Waals surface area contributed by atoms with Crippen LogP contribution in [0.15, 0.2) is 48.5 Å². The standard InChI is InChI=1S/C27H37NO2/c1-4-5-6-7-18-30-25-12-8-10-23(19-25)21-13-15-22(16-14-21)26(29)28-20-24-11-9-17-27(24,2)3/h8,10,12-16,19,24H,4-7,9,11,17-18,20H2,1-3H3,(H,28,29). The third-order valence-corrected chi connectivity index (χ3v) is 6.57. The van der Waals surface area contributed by atoms with Crippen LogP contribution in [0, 0.1) is 11.3 Å². The summed E-state index contributed by atoms with van der Waals surface area (Å²) in [4.78, 5) is 12.6. The summed E-state index contributed by atoms with van der Waals surface area (Å²) in [6.07, 6.45) is 8.55. The molecule has 1 aliphatic carbocycles. The molecule has 30 heavy (non-hydrogen) atoms. The highest BCUT2D eigenvalue weighted by atomic mass is 16.5. The second-order valence-corrected chi connectivity index (χ2v) is 9.30. The maximum atomic E-state index is 12.6. The molecule has 3 heteroatoms. The minimum Gasteiger partial charge on any atom is -0.494 e. The lowest BCUT2D eigenvalue weighted by Crippen LogP contribution is -2.33. The zero-order chi connectivity index (χ0) is 21.4. The van der Waals surface area contributed by atoms with E-state index in [2.05, 4.69) is 38.2 Å². The highest BCUT2D eigenvalue weighted by Crippen LogP contribution is 2.42. The van der Waals surface area contributed by atoms with Crippen LogP contribution in [0.5, 0.6) is 5.75 Å². The van der Waals surface area contributed by atoms with Crippen molar-refractivity contribution in [3.8, 4) is 16.9 Å². The number of hydrogen-bond donors (Lipinski definition) is 1. The van der Waals surface area contributed by atoms with Crippen molar-refractivity contribution in [2.75, 3.05) is 13.2 Å². The third kappa shape index (κ3) is 6.10. The van der Waals surface area contributed by atoms with Crippen LogP contribution < -0.4 is 10.1 Å². The summed E-state index contributed by atoms with van der Waals surface area (Å²) in [5.41, 5.74) is 3.26. The Hall–Kier alpha value is -2.29. The Balaban J connectivity index is 1.54. The molecule has 1 fully saturated rings. The number of carbonyl (C=O) groups is 1. The minimum absolute atomic E-state index is 0.0217. The van der Waals surface area contributed by atoms with Crippen molar-refractivity contribution in [3.63, 3.8) is 0 Å². The highest BCUT2D eigenvalue weighted by Gasteiger charge is 2.34. The van der Waals surface area contributed by atoms with Gasteiger partial charge in [-0.15, -0.1) is 0 Å². The molecule has 0 spiro atoms. The van der Waals surface area contributed by atoms with Crippen molar-refractivity contribution >= 4 is 5.91 Å². The van der Waals surface area contributed by atoms with Crippen LogP contribution in [0.4, 0.5) is 0 Å². The molecule has 162 valence electrons. The van der Waals surface area contributed by atoms with Crippen molar-refractivity contribution in [2.24, 2.45) is 11.3 Å². The molecular weight excluding hydrogens is 370 g/mol. The van der Waals surface area contributed by atoms with Crippen LogP contribution >= 0.6 is 0 Å².